The molecule has 0 spiro atoms. The first-order valence-electron chi connectivity index (χ1n) is 11.5. The molecule has 2 aliphatic rings. The van der Waals surface area contributed by atoms with Crippen LogP contribution in [0.2, 0.25) is 0 Å². The van der Waals surface area contributed by atoms with Crippen LogP contribution in [0.5, 0.6) is 0 Å². The minimum absolute atomic E-state index is 0.186. The van der Waals surface area contributed by atoms with Crippen LogP contribution in [-0.2, 0) is 25.0 Å². The Hall–Kier alpha value is -3.24. The number of hydrogen-bond acceptors (Lipinski definition) is 8. The Labute approximate surface area is 202 Å². The zero-order chi connectivity index (χ0) is 24.5. The first-order chi connectivity index (χ1) is 16.9. The number of rotatable bonds is 6. The molecule has 2 saturated heterocycles. The van der Waals surface area contributed by atoms with E-state index in [0.717, 1.165) is 6.42 Å². The number of fused-ring (bicyclic) bond motifs is 1. The van der Waals surface area contributed by atoms with E-state index >= 15 is 0 Å². The molecule has 2 aliphatic heterocycles. The van der Waals surface area contributed by atoms with Gasteiger partial charge in [0.15, 0.2) is 5.82 Å². The number of anilines is 2. The number of aromatic nitrogens is 3. The molecule has 0 unspecified atom stereocenters. The van der Waals surface area contributed by atoms with E-state index in [4.69, 9.17) is 14.6 Å². The molecule has 2 aromatic heterocycles. The molecule has 5 rings (SSSR count). The molecule has 11 nitrogen and oxygen atoms in total. The molecule has 1 atom stereocenters. The molecule has 2 fully saturated rings. The Morgan fingerprint density at radius 1 is 1.14 bits per heavy atom. The summed E-state index contributed by atoms with van der Waals surface area (Å²) in [5.74, 6) is 0.327. The quantitative estimate of drug-likeness (QED) is 0.525. The van der Waals surface area contributed by atoms with Gasteiger partial charge in [0, 0.05) is 31.6 Å². The van der Waals surface area contributed by atoms with E-state index in [2.05, 4.69) is 16.4 Å². The van der Waals surface area contributed by atoms with Crippen molar-refractivity contribution in [3.8, 4) is 6.07 Å². The topological polar surface area (TPSA) is 142 Å². The first-order valence-corrected chi connectivity index (χ1v) is 12.9. The van der Waals surface area contributed by atoms with E-state index in [1.807, 2.05) is 0 Å². The molecule has 0 saturated carbocycles. The predicted octanol–water partition coefficient (Wildman–Crippen LogP) is 1.91. The molecule has 12 heteroatoms. The molecule has 0 bridgehead atoms. The van der Waals surface area contributed by atoms with Crippen molar-refractivity contribution in [3.63, 3.8) is 0 Å². The number of nitriles is 1. The van der Waals surface area contributed by atoms with Crippen LogP contribution >= 0.6 is 0 Å². The largest absolute Gasteiger partial charge is 0.379 e. The van der Waals surface area contributed by atoms with Crippen molar-refractivity contribution in [1.82, 2.24) is 19.1 Å². The highest BCUT2D eigenvalue weighted by Gasteiger charge is 2.38. The number of nitrogens with zero attached hydrogens (tertiary/aromatic N) is 4. The summed E-state index contributed by atoms with van der Waals surface area (Å²) in [6.07, 6.45) is 3.25. The summed E-state index contributed by atoms with van der Waals surface area (Å²) in [6.45, 7) is 2.35. The van der Waals surface area contributed by atoms with Crippen LogP contribution in [0.15, 0.2) is 46.2 Å². The molecule has 2 N–H and O–H groups in total. The number of nitrogens with one attached hydrogen (secondary N) is 2. The summed E-state index contributed by atoms with van der Waals surface area (Å²) in [7, 11) is -3.61. The van der Waals surface area contributed by atoms with E-state index in [9.17, 15) is 18.5 Å². The maximum Gasteiger partial charge on any atom is 0.261 e. The molecule has 0 radical (unpaired) electrons. The minimum Gasteiger partial charge on any atom is -0.379 e. The Balaban J connectivity index is 1.49. The second-order valence-electron chi connectivity index (χ2n) is 8.71. The fraction of sp³-hybridized carbons (Fsp3) is 0.435. The number of H-pyrrole nitrogens is 1. The van der Waals surface area contributed by atoms with Crippen LogP contribution in [0.3, 0.4) is 0 Å². The van der Waals surface area contributed by atoms with Gasteiger partial charge in [-0.25, -0.2) is 8.42 Å². The zero-order valence-electron chi connectivity index (χ0n) is 19.1. The number of pyridine rings is 1. The average Bonchev–Trinajstić information content (AvgIpc) is 3.26. The summed E-state index contributed by atoms with van der Waals surface area (Å²) in [5, 5.41) is 17.8. The van der Waals surface area contributed by atoms with Crippen molar-refractivity contribution in [2.75, 3.05) is 44.8 Å². The van der Waals surface area contributed by atoms with Gasteiger partial charge in [0.2, 0.25) is 10.0 Å². The fourth-order valence-electron chi connectivity index (χ4n) is 4.68. The van der Waals surface area contributed by atoms with Gasteiger partial charge in [0.1, 0.15) is 5.39 Å². The molecule has 184 valence electrons. The minimum atomic E-state index is -3.61. The van der Waals surface area contributed by atoms with Crippen molar-refractivity contribution in [1.29, 1.82) is 5.26 Å². The molecule has 4 heterocycles. The van der Waals surface area contributed by atoms with Crippen molar-refractivity contribution < 1.29 is 17.9 Å². The lowest BCUT2D eigenvalue weighted by Gasteiger charge is -2.35. The smallest absolute Gasteiger partial charge is 0.261 e. The lowest BCUT2D eigenvalue weighted by molar-refractivity contribution is -0.00174. The Morgan fingerprint density at radius 2 is 1.91 bits per heavy atom. The number of hydrogen-bond donors (Lipinski definition) is 2. The van der Waals surface area contributed by atoms with Crippen molar-refractivity contribution in [2.24, 2.45) is 0 Å². The number of ether oxygens (including phenoxy) is 2. The second-order valence-corrected chi connectivity index (χ2v) is 10.6. The summed E-state index contributed by atoms with van der Waals surface area (Å²) in [4.78, 5) is 15.6. The lowest BCUT2D eigenvalue weighted by atomic mass is 9.89. The van der Waals surface area contributed by atoms with Crippen LogP contribution in [-0.4, -0.2) is 67.0 Å². The van der Waals surface area contributed by atoms with Gasteiger partial charge in [-0.2, -0.15) is 14.7 Å². The van der Waals surface area contributed by atoms with Crippen LogP contribution in [0.1, 0.15) is 19.3 Å². The zero-order valence-corrected chi connectivity index (χ0v) is 19.9. The van der Waals surface area contributed by atoms with Crippen LogP contribution in [0, 0.1) is 11.3 Å². The number of sulfonamides is 1. The molecular formula is C23H26N6O5S. The average molecular weight is 499 g/mol. The second kappa shape index (κ2) is 9.43. The number of benzene rings is 1. The van der Waals surface area contributed by atoms with Gasteiger partial charge in [-0.15, -0.1) is 0 Å². The van der Waals surface area contributed by atoms with Gasteiger partial charge in [-0.1, -0.05) is 0 Å². The van der Waals surface area contributed by atoms with Gasteiger partial charge < -0.3 is 19.8 Å². The maximum absolute atomic E-state index is 12.9. The van der Waals surface area contributed by atoms with E-state index in [1.165, 1.54) is 16.4 Å². The summed E-state index contributed by atoms with van der Waals surface area (Å²) < 4.78 is 39.9. The maximum atomic E-state index is 12.9. The third-order valence-electron chi connectivity index (χ3n) is 6.49. The molecular weight excluding hydrogens is 472 g/mol. The standard InChI is InChI=1S/C23H26N6O5S/c24-9-8-23(7-1-13-34-16-23)29-19-6-10-25-22(30)20(19)21(27-29)26-17-2-4-18(5-3-17)35(31,32)28-11-14-33-15-12-28/h2-6,10H,1,7-8,11-16H2,(H,25,30)(H,26,27)/t23-/m0/s1. The number of morpholine rings is 1. The van der Waals surface area contributed by atoms with Gasteiger partial charge in [0.05, 0.1) is 48.3 Å². The molecule has 1 aromatic carbocycles. The van der Waals surface area contributed by atoms with Crippen LogP contribution in [0.4, 0.5) is 11.5 Å². The highest BCUT2D eigenvalue weighted by molar-refractivity contribution is 7.89. The van der Waals surface area contributed by atoms with Gasteiger partial charge in [-0.05, 0) is 43.2 Å². The summed E-state index contributed by atoms with van der Waals surface area (Å²) >= 11 is 0. The normalized spacial score (nSPS) is 21.6. The van der Waals surface area contributed by atoms with Crippen molar-refractivity contribution >= 4 is 32.4 Å². The third-order valence-corrected chi connectivity index (χ3v) is 8.40. The lowest BCUT2D eigenvalue weighted by Crippen LogP contribution is -2.42. The first kappa shape index (κ1) is 23.5. The highest BCUT2D eigenvalue weighted by Crippen LogP contribution is 2.35. The van der Waals surface area contributed by atoms with E-state index < -0.39 is 15.6 Å². The van der Waals surface area contributed by atoms with E-state index in [1.54, 1.807) is 29.1 Å². The fourth-order valence-corrected chi connectivity index (χ4v) is 6.08. The molecule has 35 heavy (non-hydrogen) atoms. The van der Waals surface area contributed by atoms with Crippen LogP contribution < -0.4 is 10.9 Å². The number of aromatic amines is 1. The van der Waals surface area contributed by atoms with Crippen LogP contribution in [0.25, 0.3) is 10.9 Å². The van der Waals surface area contributed by atoms with E-state index in [0.29, 0.717) is 68.3 Å². The summed E-state index contributed by atoms with van der Waals surface area (Å²) in [5.41, 5.74) is 0.194. The van der Waals surface area contributed by atoms with Gasteiger partial charge in [-0.3, -0.25) is 9.48 Å². The summed E-state index contributed by atoms with van der Waals surface area (Å²) in [6, 6.07) is 10.4. The monoisotopic (exact) mass is 498 g/mol. The molecule has 0 amide bonds. The van der Waals surface area contributed by atoms with E-state index in [-0.39, 0.29) is 16.9 Å². The Bertz CT molecular complexity index is 1410. The SMILES string of the molecule is N#CC[C@@]1(n2nc(Nc3ccc(S(=O)(=O)N4CCOCC4)cc3)c3c(=O)[nH]ccc32)CCCOC1. The molecule has 3 aromatic rings. The van der Waals surface area contributed by atoms with Gasteiger partial charge in [0.25, 0.3) is 5.56 Å². The van der Waals surface area contributed by atoms with Crippen molar-refractivity contribution in [3.05, 3.63) is 46.9 Å². The Morgan fingerprint density at radius 3 is 2.60 bits per heavy atom. The van der Waals surface area contributed by atoms with Crippen molar-refractivity contribution in [2.45, 2.75) is 29.7 Å². The van der Waals surface area contributed by atoms with Gasteiger partial charge >= 0.3 is 0 Å². The third kappa shape index (κ3) is 4.32. The Kier molecular flexibility index (Phi) is 6.33. The molecule has 0 aliphatic carbocycles. The highest BCUT2D eigenvalue weighted by atomic mass is 32.2. The predicted molar refractivity (Wildman–Crippen MR) is 128 cm³/mol.